The van der Waals surface area contributed by atoms with Crippen LogP contribution in [0, 0.1) is 0 Å². The summed E-state index contributed by atoms with van der Waals surface area (Å²) in [7, 11) is 4.05. The van der Waals surface area contributed by atoms with Gasteiger partial charge in [-0.25, -0.2) is 14.6 Å². The molecule has 3 aliphatic rings. The molecule has 0 aromatic carbocycles. The maximum Gasteiger partial charge on any atom is 0.331 e. The molecule has 67 heavy (non-hydrogen) atoms. The number of hydrogen-bond acceptors (Lipinski definition) is 14. The number of amides is 4. The zero-order valence-electron chi connectivity index (χ0n) is 40.6. The van der Waals surface area contributed by atoms with Crippen molar-refractivity contribution in [3.05, 3.63) is 75.3 Å². The predicted octanol–water partition coefficient (Wildman–Crippen LogP) is 5.28. The minimum atomic E-state index is -0.544. The zero-order valence-corrected chi connectivity index (χ0v) is 42.2. The zero-order chi connectivity index (χ0) is 48.6. The summed E-state index contributed by atoms with van der Waals surface area (Å²) in [6.45, 7) is 12.8. The Bertz CT molecular complexity index is 1910. The number of unbranched alkanes of at least 4 members (excludes halogenated alkanes) is 1. The summed E-state index contributed by atoms with van der Waals surface area (Å²) in [5, 5.41) is 18.2. The average Bonchev–Trinajstić information content (AvgIpc) is 3.99. The van der Waals surface area contributed by atoms with Crippen molar-refractivity contribution >= 4 is 52.9 Å². The van der Waals surface area contributed by atoms with Crippen molar-refractivity contribution in [2.24, 2.45) is 0 Å². The smallest absolute Gasteiger partial charge is 0.331 e. The van der Waals surface area contributed by atoms with Crippen LogP contribution in [0.2, 0.25) is 0 Å². The largest absolute Gasteiger partial charge is 0.462 e. The van der Waals surface area contributed by atoms with E-state index in [0.29, 0.717) is 70.5 Å². The third-order valence-corrected chi connectivity index (χ3v) is 13.7. The summed E-state index contributed by atoms with van der Waals surface area (Å²) < 4.78 is 22.9. The minimum absolute atomic E-state index is 0.00152. The number of nitrogens with zero attached hydrogens (tertiary/aromatic N) is 2. The summed E-state index contributed by atoms with van der Waals surface area (Å²) in [5.41, 5.74) is 3.88. The highest BCUT2D eigenvalue weighted by Crippen LogP contribution is 2.33. The Morgan fingerprint density at radius 3 is 2.42 bits per heavy atom. The Morgan fingerprint density at radius 2 is 1.67 bits per heavy atom. The van der Waals surface area contributed by atoms with Gasteiger partial charge in [0.25, 0.3) is 0 Å². The fourth-order valence-electron chi connectivity index (χ4n) is 7.77. The molecule has 18 heteroatoms. The summed E-state index contributed by atoms with van der Waals surface area (Å²) >= 11 is 3.38. The number of carbonyl (C=O) groups is 5. The van der Waals surface area contributed by atoms with Gasteiger partial charge in [0.2, 0.25) is 11.8 Å². The van der Waals surface area contributed by atoms with Crippen molar-refractivity contribution in [2.45, 2.75) is 127 Å². The molecular formula is C49H75N7O9S2. The van der Waals surface area contributed by atoms with Gasteiger partial charge in [-0.05, 0) is 67.1 Å². The molecule has 2 bridgehead atoms. The number of esters is 2. The topological polar surface area (TPSA) is 199 Å². The molecule has 1 aromatic rings. The van der Waals surface area contributed by atoms with E-state index in [1.807, 2.05) is 77.2 Å². The van der Waals surface area contributed by atoms with E-state index in [1.165, 1.54) is 17.4 Å². The minimum Gasteiger partial charge on any atom is -0.462 e. The number of hydrogen-bond donors (Lipinski definition) is 5. The van der Waals surface area contributed by atoms with E-state index in [4.69, 9.17) is 23.9 Å². The Hall–Kier alpha value is -4.33. The van der Waals surface area contributed by atoms with E-state index in [-0.39, 0.29) is 60.8 Å². The number of thioether (sulfide) groups is 1. The van der Waals surface area contributed by atoms with Crippen LogP contribution in [0.15, 0.2) is 64.6 Å². The molecule has 2 saturated heterocycles. The van der Waals surface area contributed by atoms with E-state index < -0.39 is 18.2 Å². The summed E-state index contributed by atoms with van der Waals surface area (Å²) in [6.07, 6.45) is 16.8. The summed E-state index contributed by atoms with van der Waals surface area (Å²) in [6, 6.07) is -0.0349. The lowest BCUT2D eigenvalue weighted by Gasteiger charge is -2.22. The maximum absolute atomic E-state index is 13.2. The number of cyclic esters (lactones) is 2. The van der Waals surface area contributed by atoms with Crippen molar-refractivity contribution in [1.82, 2.24) is 36.5 Å². The SMILES string of the molecule is CC(C=CC(C)=CC1Cc2nc(cs2)[C@@H](C)CC(NCC(=O)NCCOCCOCCNC(=O)CCCCC2SCC3NC(=O)NC32)CC(=O)O[C@@H](C)CC(C)=CC=CC(=O)O1)=CCN(C)C. The van der Waals surface area contributed by atoms with Gasteiger partial charge in [0.05, 0.1) is 62.2 Å². The monoisotopic (exact) mass is 970 g/mol. The molecule has 3 aliphatic heterocycles. The molecule has 0 radical (unpaired) electrons. The van der Waals surface area contributed by atoms with Gasteiger partial charge < -0.3 is 50.4 Å². The molecule has 372 valence electrons. The number of ether oxygens (including phenoxy) is 4. The molecule has 16 nitrogen and oxygen atoms in total. The van der Waals surface area contributed by atoms with Crippen LogP contribution in [-0.4, -0.2) is 148 Å². The van der Waals surface area contributed by atoms with E-state index in [1.54, 1.807) is 6.08 Å². The van der Waals surface area contributed by atoms with Gasteiger partial charge in [0, 0.05) is 73.3 Å². The first-order valence-corrected chi connectivity index (χ1v) is 25.5. The van der Waals surface area contributed by atoms with Crippen LogP contribution in [0.5, 0.6) is 0 Å². The number of nitrogens with one attached hydrogen (secondary N) is 5. The first-order chi connectivity index (χ1) is 32.1. The van der Waals surface area contributed by atoms with Crippen LogP contribution in [0.25, 0.3) is 0 Å². The third-order valence-electron chi connectivity index (χ3n) is 11.3. The molecule has 5 N–H and O–H groups in total. The standard InChI is InChI=1S/C49H75N7O9S2/c1-33(17-20-56(6)7)15-16-35(3)26-39-29-45-53-40(31-67-45)36(4)27-38(28-47(60)64-37(5)25-34(2)11-10-14-46(59)65-39)52-30-44(58)51-19-22-63-24-23-62-21-18-50-43(57)13-9-8-12-42-48-41(32-66-42)54-49(61)55-48/h10-11,14-17,26,31,36-39,41-42,48,52H,8-9,12-13,18-25,27-30,32H2,1-7H3,(H,50,57)(H,51,58)(H2,54,55,61)/t36-,37-,38?,39?,41?,42?,48?/m0/s1. The Morgan fingerprint density at radius 1 is 0.940 bits per heavy atom. The molecule has 0 spiro atoms. The van der Waals surface area contributed by atoms with Gasteiger partial charge in [0.1, 0.15) is 12.2 Å². The molecule has 5 unspecified atom stereocenters. The number of aromatic nitrogens is 1. The molecular weight excluding hydrogens is 895 g/mol. The summed E-state index contributed by atoms with van der Waals surface area (Å²) in [5.74, 6) is -0.182. The van der Waals surface area contributed by atoms with Gasteiger partial charge in [-0.1, -0.05) is 60.4 Å². The van der Waals surface area contributed by atoms with E-state index in [2.05, 4.69) is 50.6 Å². The lowest BCUT2D eigenvalue weighted by Crippen LogP contribution is -2.42. The van der Waals surface area contributed by atoms with Crippen LogP contribution >= 0.6 is 23.1 Å². The van der Waals surface area contributed by atoms with E-state index in [9.17, 15) is 24.0 Å². The van der Waals surface area contributed by atoms with Gasteiger partial charge in [-0.2, -0.15) is 11.8 Å². The second-order valence-corrected chi connectivity index (χ2v) is 20.1. The molecule has 4 heterocycles. The van der Waals surface area contributed by atoms with Gasteiger partial charge in [-0.3, -0.25) is 14.4 Å². The van der Waals surface area contributed by atoms with Crippen LogP contribution < -0.4 is 26.6 Å². The molecule has 4 rings (SSSR count). The lowest BCUT2D eigenvalue weighted by molar-refractivity contribution is -0.149. The van der Waals surface area contributed by atoms with Crippen LogP contribution in [0.1, 0.15) is 96.2 Å². The van der Waals surface area contributed by atoms with Gasteiger partial charge in [-0.15, -0.1) is 11.3 Å². The molecule has 0 aliphatic carbocycles. The van der Waals surface area contributed by atoms with E-state index >= 15 is 0 Å². The van der Waals surface area contributed by atoms with Crippen molar-refractivity contribution in [1.29, 1.82) is 0 Å². The van der Waals surface area contributed by atoms with Gasteiger partial charge >= 0.3 is 18.0 Å². The highest BCUT2D eigenvalue weighted by molar-refractivity contribution is 8.00. The second kappa shape index (κ2) is 30.2. The second-order valence-electron chi connectivity index (χ2n) is 17.9. The summed E-state index contributed by atoms with van der Waals surface area (Å²) in [4.78, 5) is 69.9. The Kier molecular flexibility index (Phi) is 24.9. The van der Waals surface area contributed by atoms with Crippen molar-refractivity contribution in [3.8, 4) is 0 Å². The van der Waals surface area contributed by atoms with Crippen LogP contribution in [0.3, 0.4) is 0 Å². The molecule has 0 saturated carbocycles. The number of carbonyl (C=O) groups excluding carboxylic acids is 5. The number of allylic oxidation sites excluding steroid dienone is 6. The van der Waals surface area contributed by atoms with Crippen molar-refractivity contribution < 1.29 is 42.9 Å². The fourth-order valence-corrected chi connectivity index (χ4v) is 10.3. The van der Waals surface area contributed by atoms with Crippen molar-refractivity contribution in [2.75, 3.05) is 72.5 Å². The average molecular weight is 970 g/mol. The number of fused-ring (bicyclic) bond motifs is 3. The number of rotatable bonds is 22. The predicted molar refractivity (Wildman–Crippen MR) is 265 cm³/mol. The van der Waals surface area contributed by atoms with Crippen LogP contribution in [0.4, 0.5) is 4.79 Å². The highest BCUT2D eigenvalue weighted by Gasteiger charge is 2.42. The van der Waals surface area contributed by atoms with Gasteiger partial charge in [0.15, 0.2) is 0 Å². The Labute approximate surface area is 406 Å². The molecule has 4 amide bonds. The quantitative estimate of drug-likeness (QED) is 0.0436. The van der Waals surface area contributed by atoms with Crippen molar-refractivity contribution in [3.63, 3.8) is 0 Å². The molecule has 7 atom stereocenters. The third kappa shape index (κ3) is 22.6. The first-order valence-electron chi connectivity index (χ1n) is 23.6. The normalized spacial score (nSPS) is 24.5. The van der Waals surface area contributed by atoms with E-state index in [0.717, 1.165) is 59.0 Å². The molecule has 2 fully saturated rings. The van der Waals surface area contributed by atoms with Crippen LogP contribution in [-0.2, 0) is 44.5 Å². The number of likely N-dealkylation sites (N-methyl/N-ethyl adjacent to an activating group) is 1. The number of urea groups is 1. The first kappa shape index (κ1) is 55.3. The number of thiazole rings is 1. The highest BCUT2D eigenvalue weighted by atomic mass is 32.2. The lowest BCUT2D eigenvalue weighted by atomic mass is 9.97. The maximum atomic E-state index is 13.2. The Balaban J connectivity index is 1.18. The molecule has 1 aromatic heterocycles. The fraction of sp³-hybridized carbons (Fsp3) is 0.633.